The lowest BCUT2D eigenvalue weighted by molar-refractivity contribution is -0.251. The highest BCUT2D eigenvalue weighted by Crippen LogP contribution is 2.79. The first-order valence-electron chi connectivity index (χ1n) is 21.1. The van der Waals surface area contributed by atoms with Crippen LogP contribution in [0.2, 0.25) is 0 Å². The van der Waals surface area contributed by atoms with Crippen LogP contribution in [0.3, 0.4) is 0 Å². The molecule has 6 aliphatic carbocycles. The fourth-order valence-corrected chi connectivity index (χ4v) is 15.3. The third kappa shape index (κ3) is 4.74. The van der Waals surface area contributed by atoms with Crippen molar-refractivity contribution in [1.82, 2.24) is 15.0 Å². The number of amides is 1. The molecule has 11 atom stereocenters. The Labute approximate surface area is 311 Å². The molecule has 2 heterocycles. The van der Waals surface area contributed by atoms with E-state index in [9.17, 15) is 4.79 Å². The Morgan fingerprint density at radius 3 is 2.29 bits per heavy atom. The lowest BCUT2D eigenvalue weighted by Crippen LogP contribution is -2.67. The van der Waals surface area contributed by atoms with E-state index in [4.69, 9.17) is 14.2 Å². The molecule has 11 unspecified atom stereocenters. The molecule has 1 aliphatic heterocycles. The van der Waals surface area contributed by atoms with Gasteiger partial charge in [0.2, 0.25) is 17.6 Å². The van der Waals surface area contributed by atoms with Crippen molar-refractivity contribution < 1.29 is 18.8 Å². The third-order valence-corrected chi connectivity index (χ3v) is 18.3. The minimum absolute atomic E-state index is 0.00528. The van der Waals surface area contributed by atoms with E-state index in [-0.39, 0.29) is 45.2 Å². The number of aromatic nitrogens is 2. The van der Waals surface area contributed by atoms with Gasteiger partial charge in [-0.1, -0.05) is 77.0 Å². The predicted octanol–water partition coefficient (Wildman–Crippen LogP) is 10.2. The molecule has 0 N–H and O–H groups in total. The summed E-state index contributed by atoms with van der Waals surface area (Å²) in [5.41, 5.74) is 1.66. The topological polar surface area (TPSA) is 85.5 Å². The molecule has 7 heteroatoms. The number of benzene rings is 1. The average molecular weight is 710 g/mol. The van der Waals surface area contributed by atoms with Crippen molar-refractivity contribution in [3.8, 4) is 11.4 Å². The molecule has 6 saturated carbocycles. The van der Waals surface area contributed by atoms with Gasteiger partial charge in [-0.2, -0.15) is 4.98 Å². The first-order valence-corrected chi connectivity index (χ1v) is 21.1. The Kier molecular flexibility index (Phi) is 7.85. The summed E-state index contributed by atoms with van der Waals surface area (Å²) in [5, 5.41) is 4.38. The van der Waals surface area contributed by atoms with Crippen LogP contribution in [0.15, 0.2) is 34.9 Å². The van der Waals surface area contributed by atoms with Gasteiger partial charge in [-0.25, -0.2) is 0 Å². The van der Waals surface area contributed by atoms with Crippen LogP contribution in [0.1, 0.15) is 150 Å². The Morgan fingerprint density at radius 1 is 0.788 bits per heavy atom. The SMILES string of the molecule is CC(=O)OC1CCC2(C)C(CCC3(C)C2CCC2C4C(C5(C)CC5)CCC4(C(=O)N4CCCC4c4nc(-c5ccccc5)no4)CCC23C)C1(C)C. The molecule has 52 heavy (non-hydrogen) atoms. The highest BCUT2D eigenvalue weighted by atomic mass is 16.5. The van der Waals surface area contributed by atoms with Gasteiger partial charge in [0, 0.05) is 24.4 Å². The number of hydrogen-bond acceptors (Lipinski definition) is 6. The molecule has 2 aromatic rings. The summed E-state index contributed by atoms with van der Waals surface area (Å²) in [6.45, 7) is 17.7. The van der Waals surface area contributed by atoms with Crippen LogP contribution in [0.4, 0.5) is 0 Å². The van der Waals surface area contributed by atoms with Gasteiger partial charge in [-0.15, -0.1) is 0 Å². The van der Waals surface area contributed by atoms with E-state index in [1.807, 2.05) is 30.3 Å². The molecule has 1 saturated heterocycles. The monoisotopic (exact) mass is 709 g/mol. The van der Waals surface area contributed by atoms with Crippen molar-refractivity contribution in [2.45, 2.75) is 151 Å². The van der Waals surface area contributed by atoms with Gasteiger partial charge in [-0.3, -0.25) is 9.59 Å². The van der Waals surface area contributed by atoms with Crippen LogP contribution < -0.4 is 0 Å². The molecule has 7 fully saturated rings. The summed E-state index contributed by atoms with van der Waals surface area (Å²) in [4.78, 5) is 34.8. The van der Waals surface area contributed by atoms with Crippen LogP contribution in [-0.2, 0) is 14.3 Å². The highest BCUT2D eigenvalue weighted by molar-refractivity contribution is 5.84. The number of likely N-dealkylation sites (tertiary alicyclic amines) is 1. The van der Waals surface area contributed by atoms with Crippen LogP contribution in [0.5, 0.6) is 0 Å². The zero-order chi connectivity index (χ0) is 36.5. The van der Waals surface area contributed by atoms with Crippen LogP contribution >= 0.6 is 0 Å². The van der Waals surface area contributed by atoms with E-state index >= 15 is 4.79 Å². The largest absolute Gasteiger partial charge is 0.462 e. The van der Waals surface area contributed by atoms with Crippen molar-refractivity contribution in [2.75, 3.05) is 6.54 Å². The van der Waals surface area contributed by atoms with Gasteiger partial charge in [0.25, 0.3) is 0 Å². The van der Waals surface area contributed by atoms with Gasteiger partial charge in [-0.05, 0) is 141 Å². The number of ether oxygens (including phenoxy) is 1. The van der Waals surface area contributed by atoms with E-state index in [0.717, 1.165) is 57.1 Å². The molecule has 0 spiro atoms. The summed E-state index contributed by atoms with van der Waals surface area (Å²) in [6, 6.07) is 9.90. The molecular formula is C45H63N3O4. The van der Waals surface area contributed by atoms with Crippen molar-refractivity contribution in [1.29, 1.82) is 0 Å². The van der Waals surface area contributed by atoms with Crippen LogP contribution in [0, 0.1) is 62.1 Å². The Balaban J connectivity index is 1.04. The number of fused-ring (bicyclic) bond motifs is 7. The third-order valence-electron chi connectivity index (χ3n) is 18.3. The predicted molar refractivity (Wildman–Crippen MR) is 200 cm³/mol. The van der Waals surface area contributed by atoms with Gasteiger partial charge in [0.15, 0.2) is 0 Å². The van der Waals surface area contributed by atoms with Crippen molar-refractivity contribution >= 4 is 11.9 Å². The maximum Gasteiger partial charge on any atom is 0.302 e. The molecule has 1 aromatic heterocycles. The Bertz CT molecular complexity index is 1730. The summed E-state index contributed by atoms with van der Waals surface area (Å²) < 4.78 is 12.0. The fraction of sp³-hybridized carbons (Fsp3) is 0.778. The quantitative estimate of drug-likeness (QED) is 0.287. The molecule has 9 rings (SSSR count). The van der Waals surface area contributed by atoms with Gasteiger partial charge in [0.1, 0.15) is 12.1 Å². The normalized spacial score (nSPS) is 44.2. The summed E-state index contributed by atoms with van der Waals surface area (Å²) >= 11 is 0. The average Bonchev–Trinajstić information content (AvgIpc) is 3.50. The van der Waals surface area contributed by atoms with E-state index in [2.05, 4.69) is 51.6 Å². The van der Waals surface area contributed by atoms with E-state index in [1.165, 1.54) is 44.9 Å². The second-order valence-corrected chi connectivity index (χ2v) is 20.6. The van der Waals surface area contributed by atoms with Gasteiger partial charge in [0.05, 0.1) is 5.41 Å². The first kappa shape index (κ1) is 35.0. The summed E-state index contributed by atoms with van der Waals surface area (Å²) in [7, 11) is 0. The number of nitrogens with zero attached hydrogens (tertiary/aromatic N) is 3. The zero-order valence-electron chi connectivity index (χ0n) is 33.0. The van der Waals surface area contributed by atoms with Gasteiger partial charge < -0.3 is 14.2 Å². The standard InChI is InChI=1S/C45H63N3O4/c1-28(49)51-35-19-20-42(5)33(40(35,2)3)18-21-44(7)34(42)16-15-31-36-30(41(4)23-24-41)17-22-45(36,26-25-43(31,44)6)39(50)48-27-11-14-32(48)38-46-37(47-52-38)29-12-9-8-10-13-29/h8-10,12-13,30-36H,11,14-27H2,1-7H3. The number of hydrogen-bond donors (Lipinski definition) is 0. The maximum atomic E-state index is 15.5. The van der Waals surface area contributed by atoms with Crippen LogP contribution in [-0.4, -0.2) is 39.6 Å². The van der Waals surface area contributed by atoms with Crippen molar-refractivity contribution in [3.05, 3.63) is 36.2 Å². The highest BCUT2D eigenvalue weighted by Gasteiger charge is 2.74. The first-order chi connectivity index (χ1) is 24.7. The van der Waals surface area contributed by atoms with Crippen LogP contribution in [0.25, 0.3) is 11.4 Å². The van der Waals surface area contributed by atoms with E-state index < -0.39 is 0 Å². The fourth-order valence-electron chi connectivity index (χ4n) is 15.3. The minimum atomic E-state index is -0.292. The smallest absolute Gasteiger partial charge is 0.302 e. The second kappa shape index (κ2) is 11.7. The minimum Gasteiger partial charge on any atom is -0.462 e. The number of carbonyl (C=O) groups excluding carboxylic acids is 2. The summed E-state index contributed by atoms with van der Waals surface area (Å²) in [5.74, 6) is 4.30. The zero-order valence-corrected chi connectivity index (χ0v) is 33.0. The van der Waals surface area contributed by atoms with Crippen molar-refractivity contribution in [3.63, 3.8) is 0 Å². The number of carbonyl (C=O) groups is 2. The molecule has 7 nitrogen and oxygen atoms in total. The number of rotatable bonds is 5. The molecule has 282 valence electrons. The lowest BCUT2D eigenvalue weighted by atomic mass is 9.32. The molecule has 1 aromatic carbocycles. The molecule has 7 aliphatic rings. The maximum absolute atomic E-state index is 15.5. The van der Waals surface area contributed by atoms with Gasteiger partial charge >= 0.3 is 5.97 Å². The molecule has 0 bridgehead atoms. The van der Waals surface area contributed by atoms with E-state index in [1.54, 1.807) is 6.92 Å². The number of esters is 1. The Hall–Kier alpha value is -2.70. The molecule has 1 amide bonds. The second-order valence-electron chi connectivity index (χ2n) is 20.6. The Morgan fingerprint density at radius 2 is 1.56 bits per heavy atom. The van der Waals surface area contributed by atoms with E-state index in [0.29, 0.717) is 52.6 Å². The van der Waals surface area contributed by atoms with Crippen molar-refractivity contribution in [2.24, 2.45) is 62.1 Å². The molecule has 0 radical (unpaired) electrons. The summed E-state index contributed by atoms with van der Waals surface area (Å²) in [6.07, 6.45) is 16.0. The lowest BCUT2D eigenvalue weighted by Gasteiger charge is -2.73. The molecular weight excluding hydrogens is 647 g/mol.